The van der Waals surface area contributed by atoms with E-state index in [-0.39, 0.29) is 35.9 Å². The zero-order valence-electron chi connectivity index (χ0n) is 19.5. The maximum atomic E-state index is 12.8. The highest BCUT2D eigenvalue weighted by Crippen LogP contribution is 2.25. The number of hydrogen-bond donors (Lipinski definition) is 1. The number of nitriles is 1. The average Bonchev–Trinajstić information content (AvgIpc) is 3.29. The van der Waals surface area contributed by atoms with Crippen LogP contribution in [0.3, 0.4) is 0 Å². The number of Topliss-reactive ketones (excluding diaryl/α,β-unsaturated/α-hetero) is 1. The lowest BCUT2D eigenvalue weighted by atomic mass is 9.89. The van der Waals surface area contributed by atoms with Crippen molar-refractivity contribution in [3.05, 3.63) is 82.5 Å². The van der Waals surface area contributed by atoms with Crippen molar-refractivity contribution in [1.82, 2.24) is 14.8 Å². The molecular formula is C28H25N5O2. The third-order valence-electron chi connectivity index (χ3n) is 6.52. The van der Waals surface area contributed by atoms with Gasteiger partial charge in [0.15, 0.2) is 17.4 Å². The summed E-state index contributed by atoms with van der Waals surface area (Å²) in [6, 6.07) is 17.6. The Morgan fingerprint density at radius 2 is 1.86 bits per heavy atom. The highest BCUT2D eigenvalue weighted by molar-refractivity contribution is 6.00. The van der Waals surface area contributed by atoms with Crippen molar-refractivity contribution < 1.29 is 9.59 Å². The normalized spacial score (nSPS) is 12.7. The Morgan fingerprint density at radius 1 is 1.06 bits per heavy atom. The second-order valence-corrected chi connectivity index (χ2v) is 8.91. The number of amides is 1. The maximum Gasteiger partial charge on any atom is 0.226 e. The van der Waals surface area contributed by atoms with Gasteiger partial charge in [-0.3, -0.25) is 9.59 Å². The van der Waals surface area contributed by atoms with Gasteiger partial charge in [0.25, 0.3) is 0 Å². The fraction of sp³-hybridized carbons (Fsp3) is 0.250. The first-order valence-corrected chi connectivity index (χ1v) is 11.8. The van der Waals surface area contributed by atoms with Gasteiger partial charge in [-0.1, -0.05) is 30.3 Å². The Balaban J connectivity index is 1.32. The van der Waals surface area contributed by atoms with Crippen molar-refractivity contribution in [3.63, 3.8) is 0 Å². The van der Waals surface area contributed by atoms with Crippen LogP contribution in [0.2, 0.25) is 0 Å². The highest BCUT2D eigenvalue weighted by Gasteiger charge is 2.19. The molecule has 7 nitrogen and oxygen atoms in total. The van der Waals surface area contributed by atoms with Gasteiger partial charge in [0.2, 0.25) is 5.91 Å². The molecule has 0 bridgehead atoms. The van der Waals surface area contributed by atoms with E-state index in [0.29, 0.717) is 11.4 Å². The van der Waals surface area contributed by atoms with Crippen molar-refractivity contribution >= 4 is 28.4 Å². The number of carbonyl (C=O) groups excluding carboxylic acids is 2. The minimum atomic E-state index is -0.355. The lowest BCUT2D eigenvalue weighted by molar-refractivity contribution is -0.116. The second kappa shape index (κ2) is 9.51. The summed E-state index contributed by atoms with van der Waals surface area (Å²) in [7, 11) is 0. The van der Waals surface area contributed by atoms with Gasteiger partial charge in [0, 0.05) is 23.8 Å². The van der Waals surface area contributed by atoms with Gasteiger partial charge in [-0.05, 0) is 67.5 Å². The number of para-hydroxylation sites is 1. The molecule has 2 heterocycles. The fourth-order valence-corrected chi connectivity index (χ4v) is 4.64. The van der Waals surface area contributed by atoms with Crippen molar-refractivity contribution in [3.8, 4) is 11.9 Å². The summed E-state index contributed by atoms with van der Waals surface area (Å²) in [6.07, 6.45) is 5.90. The van der Waals surface area contributed by atoms with Crippen LogP contribution in [0, 0.1) is 18.3 Å². The minimum Gasteiger partial charge on any atom is -0.309 e. The molecule has 0 atom stereocenters. The molecule has 1 aliphatic carbocycles. The van der Waals surface area contributed by atoms with E-state index in [1.165, 1.54) is 28.4 Å². The summed E-state index contributed by atoms with van der Waals surface area (Å²) in [6.45, 7) is 1.98. The van der Waals surface area contributed by atoms with E-state index in [1.807, 2.05) is 55.5 Å². The van der Waals surface area contributed by atoms with E-state index in [4.69, 9.17) is 0 Å². The number of rotatable bonds is 6. The Morgan fingerprint density at radius 3 is 2.69 bits per heavy atom. The molecule has 7 heteroatoms. The van der Waals surface area contributed by atoms with Crippen LogP contribution in [0.25, 0.3) is 16.7 Å². The highest BCUT2D eigenvalue weighted by atomic mass is 16.2. The van der Waals surface area contributed by atoms with Crippen LogP contribution in [0.4, 0.5) is 5.82 Å². The van der Waals surface area contributed by atoms with Crippen LogP contribution in [0.15, 0.2) is 54.7 Å². The van der Waals surface area contributed by atoms with Crippen LogP contribution in [0.5, 0.6) is 0 Å². The number of anilines is 1. The molecule has 4 aromatic rings. The number of fused-ring (bicyclic) bond motifs is 2. The maximum absolute atomic E-state index is 12.8. The first kappa shape index (κ1) is 22.5. The van der Waals surface area contributed by atoms with Gasteiger partial charge in [-0.25, -0.2) is 4.98 Å². The average molecular weight is 464 g/mol. The number of benzene rings is 2. The Kier molecular flexibility index (Phi) is 6.11. The molecule has 0 saturated carbocycles. The van der Waals surface area contributed by atoms with Gasteiger partial charge >= 0.3 is 0 Å². The number of aromatic nitrogens is 3. The number of aryl methyl sites for hydroxylation is 3. The number of nitrogens with zero attached hydrogens (tertiary/aromatic N) is 4. The molecule has 2 aromatic heterocycles. The molecule has 2 aromatic carbocycles. The van der Waals surface area contributed by atoms with Crippen molar-refractivity contribution in [2.45, 2.75) is 45.4 Å². The van der Waals surface area contributed by atoms with Crippen LogP contribution < -0.4 is 5.32 Å². The summed E-state index contributed by atoms with van der Waals surface area (Å²) in [4.78, 5) is 30.2. The quantitative estimate of drug-likeness (QED) is 0.402. The van der Waals surface area contributed by atoms with E-state index in [0.717, 1.165) is 35.7 Å². The van der Waals surface area contributed by atoms with Crippen LogP contribution in [-0.4, -0.2) is 26.5 Å². The first-order valence-electron chi connectivity index (χ1n) is 11.8. The summed E-state index contributed by atoms with van der Waals surface area (Å²) < 4.78 is 1.46. The lowest BCUT2D eigenvalue weighted by Crippen LogP contribution is -2.17. The van der Waals surface area contributed by atoms with E-state index < -0.39 is 0 Å². The van der Waals surface area contributed by atoms with Crippen molar-refractivity contribution in [2.24, 2.45) is 0 Å². The zero-order valence-corrected chi connectivity index (χ0v) is 19.5. The van der Waals surface area contributed by atoms with Crippen molar-refractivity contribution in [1.29, 1.82) is 5.26 Å². The molecule has 1 aliphatic rings. The molecule has 0 aliphatic heterocycles. The molecule has 0 fully saturated rings. The van der Waals surface area contributed by atoms with E-state index >= 15 is 0 Å². The van der Waals surface area contributed by atoms with Crippen LogP contribution >= 0.6 is 0 Å². The topological polar surface area (TPSA) is 101 Å². The summed E-state index contributed by atoms with van der Waals surface area (Å²) >= 11 is 0. The molecule has 5 rings (SSSR count). The standard InChI is InChI=1S/C28H25N5O2/c1-18-14-26(31-24-9-5-4-8-23(18)24)33-28(22(16-29)17-30-33)32-27(35)13-12-25(34)21-11-10-19-6-2-3-7-20(19)15-21/h4-5,8-11,14-15,17H,2-3,6-7,12-13H2,1H3,(H,32,35). The molecule has 35 heavy (non-hydrogen) atoms. The SMILES string of the molecule is Cc1cc(-n2ncc(C#N)c2NC(=O)CCC(=O)c2ccc3c(c2)CCCC3)nc2ccccc12. The number of carbonyl (C=O) groups is 2. The van der Waals surface area contributed by atoms with Gasteiger partial charge in [-0.15, -0.1) is 0 Å². The molecule has 0 unspecified atom stereocenters. The fourth-order valence-electron chi connectivity index (χ4n) is 4.64. The number of hydrogen-bond acceptors (Lipinski definition) is 5. The summed E-state index contributed by atoms with van der Waals surface area (Å²) in [5, 5.41) is 17.6. The Bertz CT molecular complexity index is 1500. The summed E-state index contributed by atoms with van der Waals surface area (Å²) in [5.74, 6) is 0.338. The summed E-state index contributed by atoms with van der Waals surface area (Å²) in [5.41, 5.74) is 5.24. The Hall–Kier alpha value is -4.31. The van der Waals surface area contributed by atoms with Gasteiger partial charge < -0.3 is 5.32 Å². The molecule has 1 amide bonds. The predicted molar refractivity (Wildman–Crippen MR) is 134 cm³/mol. The molecule has 174 valence electrons. The minimum absolute atomic E-state index is 0.0101. The smallest absolute Gasteiger partial charge is 0.226 e. The molecule has 0 radical (unpaired) electrons. The lowest BCUT2D eigenvalue weighted by Gasteiger charge is -2.16. The molecule has 0 saturated heterocycles. The second-order valence-electron chi connectivity index (χ2n) is 8.91. The Labute approximate surface area is 203 Å². The van der Waals surface area contributed by atoms with Crippen molar-refractivity contribution in [2.75, 3.05) is 5.32 Å². The van der Waals surface area contributed by atoms with Gasteiger partial charge in [0.05, 0.1) is 11.7 Å². The number of nitrogens with one attached hydrogen (secondary N) is 1. The zero-order chi connectivity index (χ0) is 24.4. The van der Waals surface area contributed by atoms with Crippen LogP contribution in [-0.2, 0) is 17.6 Å². The molecule has 1 N–H and O–H groups in total. The van der Waals surface area contributed by atoms with E-state index in [9.17, 15) is 14.9 Å². The third kappa shape index (κ3) is 4.56. The monoisotopic (exact) mass is 463 g/mol. The third-order valence-corrected chi connectivity index (χ3v) is 6.52. The first-order chi connectivity index (χ1) is 17.0. The van der Waals surface area contributed by atoms with Gasteiger partial charge in [-0.2, -0.15) is 15.0 Å². The largest absolute Gasteiger partial charge is 0.309 e. The number of pyridine rings is 1. The predicted octanol–water partition coefficient (Wildman–Crippen LogP) is 5.08. The van der Waals surface area contributed by atoms with E-state index in [2.05, 4.69) is 21.5 Å². The number of ketones is 1. The molecular weight excluding hydrogens is 438 g/mol. The van der Waals surface area contributed by atoms with Crippen LogP contribution in [0.1, 0.15) is 58.3 Å². The van der Waals surface area contributed by atoms with Gasteiger partial charge in [0.1, 0.15) is 11.6 Å². The van der Waals surface area contributed by atoms with E-state index in [1.54, 1.807) is 0 Å². The molecule has 0 spiro atoms.